The maximum Gasteiger partial charge on any atom is 0.224 e. The number of thiocarbonyl (C=S) groups is 1. The Morgan fingerprint density at radius 1 is 1.47 bits per heavy atom. The van der Waals surface area contributed by atoms with Crippen molar-refractivity contribution in [1.29, 1.82) is 0 Å². The molecule has 1 heterocycles. The molecule has 90 valence electrons. The van der Waals surface area contributed by atoms with E-state index >= 15 is 0 Å². The molecule has 1 aliphatic rings. The fraction of sp³-hybridized carbons (Fsp3) is 0.333. The van der Waals surface area contributed by atoms with E-state index in [1.54, 1.807) is 0 Å². The molecule has 0 fully saturated rings. The molecule has 0 radical (unpaired) electrons. The molecule has 2 rings (SSSR count). The van der Waals surface area contributed by atoms with Gasteiger partial charge in [0.25, 0.3) is 0 Å². The van der Waals surface area contributed by atoms with E-state index in [2.05, 4.69) is 5.32 Å². The molecule has 0 saturated heterocycles. The molecule has 5 heteroatoms. The molecule has 17 heavy (non-hydrogen) atoms. The first-order valence-corrected chi connectivity index (χ1v) is 5.90. The van der Waals surface area contributed by atoms with Crippen molar-refractivity contribution < 1.29 is 9.53 Å². The molecular formula is C12H14N2O2S. The van der Waals surface area contributed by atoms with Gasteiger partial charge in [0.2, 0.25) is 5.91 Å². The second-order valence-electron chi connectivity index (χ2n) is 3.93. The minimum atomic E-state index is 0.0691. The van der Waals surface area contributed by atoms with Crippen LogP contribution in [0.25, 0.3) is 0 Å². The van der Waals surface area contributed by atoms with Gasteiger partial charge in [-0.25, -0.2) is 0 Å². The molecule has 0 aromatic heterocycles. The SMILES string of the molecule is NC(=S)CCOc1ccc2c(c1)CCC(=O)N2. The van der Waals surface area contributed by atoms with Gasteiger partial charge in [-0.15, -0.1) is 0 Å². The highest BCUT2D eigenvalue weighted by atomic mass is 32.1. The zero-order valence-electron chi connectivity index (χ0n) is 9.36. The van der Waals surface area contributed by atoms with E-state index in [-0.39, 0.29) is 5.91 Å². The Kier molecular flexibility index (Phi) is 3.58. The zero-order chi connectivity index (χ0) is 12.3. The number of hydrogen-bond acceptors (Lipinski definition) is 3. The number of fused-ring (bicyclic) bond motifs is 1. The Hall–Kier alpha value is -1.62. The van der Waals surface area contributed by atoms with Crippen molar-refractivity contribution in [2.24, 2.45) is 5.73 Å². The number of carbonyl (C=O) groups excluding carboxylic acids is 1. The van der Waals surface area contributed by atoms with Crippen molar-refractivity contribution in [3.8, 4) is 5.75 Å². The van der Waals surface area contributed by atoms with Crippen LogP contribution in [0.4, 0.5) is 5.69 Å². The number of hydrogen-bond donors (Lipinski definition) is 2. The molecule has 1 aromatic rings. The van der Waals surface area contributed by atoms with Crippen LogP contribution in [0.15, 0.2) is 18.2 Å². The third kappa shape index (κ3) is 3.17. The minimum Gasteiger partial charge on any atom is -0.493 e. The zero-order valence-corrected chi connectivity index (χ0v) is 10.2. The Morgan fingerprint density at radius 3 is 3.06 bits per heavy atom. The Morgan fingerprint density at radius 2 is 2.29 bits per heavy atom. The van der Waals surface area contributed by atoms with Crippen molar-refractivity contribution >= 4 is 28.8 Å². The van der Waals surface area contributed by atoms with Gasteiger partial charge in [-0.05, 0) is 30.2 Å². The molecule has 3 N–H and O–H groups in total. The summed E-state index contributed by atoms with van der Waals surface area (Å²) >= 11 is 4.77. The first-order valence-electron chi connectivity index (χ1n) is 5.49. The molecule has 4 nitrogen and oxygen atoms in total. The number of anilines is 1. The molecule has 1 aromatic carbocycles. The van der Waals surface area contributed by atoms with Crippen LogP contribution in [-0.4, -0.2) is 17.5 Å². The predicted octanol–water partition coefficient (Wildman–Crippen LogP) is 1.63. The summed E-state index contributed by atoms with van der Waals surface area (Å²) in [5, 5.41) is 2.83. The van der Waals surface area contributed by atoms with Crippen LogP contribution in [0.3, 0.4) is 0 Å². The molecule has 1 amide bonds. The smallest absolute Gasteiger partial charge is 0.224 e. The summed E-state index contributed by atoms with van der Waals surface area (Å²) < 4.78 is 5.53. The molecule has 0 aliphatic carbocycles. The Balaban J connectivity index is 2.01. The van der Waals surface area contributed by atoms with Gasteiger partial charge in [-0.2, -0.15) is 0 Å². The van der Waals surface area contributed by atoms with Crippen LogP contribution in [0, 0.1) is 0 Å². The molecule has 0 atom stereocenters. The highest BCUT2D eigenvalue weighted by Gasteiger charge is 2.14. The molecule has 0 unspecified atom stereocenters. The molecule has 1 aliphatic heterocycles. The van der Waals surface area contributed by atoms with Crippen LogP contribution in [0.2, 0.25) is 0 Å². The topological polar surface area (TPSA) is 64.3 Å². The number of carbonyl (C=O) groups is 1. The fourth-order valence-electron chi connectivity index (χ4n) is 1.72. The van der Waals surface area contributed by atoms with E-state index < -0.39 is 0 Å². The highest BCUT2D eigenvalue weighted by Crippen LogP contribution is 2.26. The van der Waals surface area contributed by atoms with Gasteiger partial charge in [-0.3, -0.25) is 4.79 Å². The van der Waals surface area contributed by atoms with E-state index in [4.69, 9.17) is 22.7 Å². The number of nitrogens with one attached hydrogen (secondary N) is 1. The quantitative estimate of drug-likeness (QED) is 0.797. The third-order valence-corrected chi connectivity index (χ3v) is 2.79. The van der Waals surface area contributed by atoms with Gasteiger partial charge < -0.3 is 15.8 Å². The summed E-state index contributed by atoms with van der Waals surface area (Å²) in [4.78, 5) is 11.6. The normalized spacial score (nSPS) is 13.8. The van der Waals surface area contributed by atoms with E-state index in [1.807, 2.05) is 18.2 Å². The maximum atomic E-state index is 11.2. The van der Waals surface area contributed by atoms with Crippen molar-refractivity contribution in [1.82, 2.24) is 0 Å². The minimum absolute atomic E-state index is 0.0691. The van der Waals surface area contributed by atoms with Gasteiger partial charge in [-0.1, -0.05) is 12.2 Å². The largest absolute Gasteiger partial charge is 0.493 e. The average Bonchev–Trinajstić information content (AvgIpc) is 2.29. The number of aryl methyl sites for hydroxylation is 1. The van der Waals surface area contributed by atoms with Crippen LogP contribution in [-0.2, 0) is 11.2 Å². The molecule has 0 saturated carbocycles. The fourth-order valence-corrected chi connectivity index (χ4v) is 1.80. The Labute approximate surface area is 105 Å². The van der Waals surface area contributed by atoms with Crippen molar-refractivity contribution in [2.75, 3.05) is 11.9 Å². The standard InChI is InChI=1S/C12H14N2O2S/c13-11(17)5-6-16-9-2-3-10-8(7-9)1-4-12(15)14-10/h2-3,7H,1,4-6H2,(H2,13,17)(H,14,15). The number of rotatable bonds is 4. The first kappa shape index (κ1) is 11.9. The summed E-state index contributed by atoms with van der Waals surface area (Å²) in [5.41, 5.74) is 7.37. The van der Waals surface area contributed by atoms with Gasteiger partial charge in [0.15, 0.2) is 0 Å². The first-order chi connectivity index (χ1) is 8.15. The second kappa shape index (κ2) is 5.14. The third-order valence-electron chi connectivity index (χ3n) is 2.59. The van der Waals surface area contributed by atoms with Crippen LogP contribution >= 0.6 is 12.2 Å². The predicted molar refractivity (Wildman–Crippen MR) is 70.3 cm³/mol. The lowest BCUT2D eigenvalue weighted by molar-refractivity contribution is -0.116. The van der Waals surface area contributed by atoms with Gasteiger partial charge in [0.1, 0.15) is 5.75 Å². The van der Waals surface area contributed by atoms with E-state index in [9.17, 15) is 4.79 Å². The van der Waals surface area contributed by atoms with E-state index in [0.29, 0.717) is 24.4 Å². The van der Waals surface area contributed by atoms with Crippen LogP contribution in [0.5, 0.6) is 5.75 Å². The number of benzene rings is 1. The van der Waals surface area contributed by atoms with Crippen molar-refractivity contribution in [3.63, 3.8) is 0 Å². The lowest BCUT2D eigenvalue weighted by Crippen LogP contribution is -2.19. The number of nitrogens with two attached hydrogens (primary N) is 1. The van der Waals surface area contributed by atoms with E-state index in [0.717, 1.165) is 23.4 Å². The molecule has 0 spiro atoms. The molecular weight excluding hydrogens is 236 g/mol. The average molecular weight is 250 g/mol. The Bertz CT molecular complexity index is 460. The monoisotopic (exact) mass is 250 g/mol. The van der Waals surface area contributed by atoms with E-state index in [1.165, 1.54) is 0 Å². The lowest BCUT2D eigenvalue weighted by Gasteiger charge is -2.17. The summed E-state index contributed by atoms with van der Waals surface area (Å²) in [5.74, 6) is 0.857. The maximum absolute atomic E-state index is 11.2. The lowest BCUT2D eigenvalue weighted by atomic mass is 10.0. The molecule has 0 bridgehead atoms. The highest BCUT2D eigenvalue weighted by molar-refractivity contribution is 7.80. The summed E-state index contributed by atoms with van der Waals surface area (Å²) in [6, 6.07) is 5.65. The van der Waals surface area contributed by atoms with Crippen molar-refractivity contribution in [3.05, 3.63) is 23.8 Å². The van der Waals surface area contributed by atoms with Gasteiger partial charge in [0.05, 0.1) is 11.6 Å². The summed E-state index contributed by atoms with van der Waals surface area (Å²) in [6.45, 7) is 0.487. The van der Waals surface area contributed by atoms with Gasteiger partial charge >= 0.3 is 0 Å². The summed E-state index contributed by atoms with van der Waals surface area (Å²) in [6.07, 6.45) is 1.86. The number of amides is 1. The van der Waals surface area contributed by atoms with Gasteiger partial charge in [0, 0.05) is 18.5 Å². The van der Waals surface area contributed by atoms with Crippen LogP contribution in [0.1, 0.15) is 18.4 Å². The summed E-state index contributed by atoms with van der Waals surface area (Å²) in [7, 11) is 0. The number of ether oxygens (including phenoxy) is 1. The van der Waals surface area contributed by atoms with Crippen LogP contribution < -0.4 is 15.8 Å². The second-order valence-corrected chi connectivity index (χ2v) is 4.46. The van der Waals surface area contributed by atoms with Crippen molar-refractivity contribution in [2.45, 2.75) is 19.3 Å².